The van der Waals surface area contributed by atoms with Crippen LogP contribution < -0.4 is 14.8 Å². The van der Waals surface area contributed by atoms with Crippen molar-refractivity contribution in [2.45, 2.75) is 18.9 Å². The number of aliphatic hydroxyl groups is 1. The fourth-order valence-electron chi connectivity index (χ4n) is 3.85. The number of ether oxygens (including phenoxy) is 2. The molecule has 4 aromatic rings. The molecule has 1 aromatic heterocycles. The summed E-state index contributed by atoms with van der Waals surface area (Å²) in [7, 11) is 1.63. The Balaban J connectivity index is 1.26. The zero-order chi connectivity index (χ0) is 20.8. The second kappa shape index (κ2) is 9.65. The van der Waals surface area contributed by atoms with Crippen molar-refractivity contribution in [3.63, 3.8) is 0 Å². The van der Waals surface area contributed by atoms with Gasteiger partial charge in [-0.2, -0.15) is 0 Å². The van der Waals surface area contributed by atoms with Gasteiger partial charge in [0.1, 0.15) is 6.61 Å². The van der Waals surface area contributed by atoms with Gasteiger partial charge in [-0.3, -0.25) is 0 Å². The lowest BCUT2D eigenvalue weighted by atomic mass is 10.0. The van der Waals surface area contributed by atoms with Crippen LogP contribution in [0.4, 0.5) is 0 Å². The predicted molar refractivity (Wildman–Crippen MR) is 121 cm³/mol. The van der Waals surface area contributed by atoms with Crippen LogP contribution in [-0.2, 0) is 6.42 Å². The molecular formula is C25H28N2O3. The molecule has 1 atom stereocenters. The first-order valence-corrected chi connectivity index (χ1v) is 10.4. The van der Waals surface area contributed by atoms with E-state index in [2.05, 4.69) is 46.7 Å². The van der Waals surface area contributed by atoms with E-state index in [1.54, 1.807) is 7.11 Å². The quantitative estimate of drug-likeness (QED) is 0.345. The molecule has 0 spiro atoms. The molecule has 0 saturated carbocycles. The van der Waals surface area contributed by atoms with Gasteiger partial charge in [-0.15, -0.1) is 0 Å². The Hall–Kier alpha value is -3.02. The predicted octanol–water partition coefficient (Wildman–Crippen LogP) is 4.29. The van der Waals surface area contributed by atoms with Crippen molar-refractivity contribution in [1.82, 2.24) is 10.3 Å². The van der Waals surface area contributed by atoms with Gasteiger partial charge in [-0.25, -0.2) is 0 Å². The van der Waals surface area contributed by atoms with E-state index in [4.69, 9.17) is 9.47 Å². The zero-order valence-electron chi connectivity index (χ0n) is 17.2. The Labute approximate surface area is 176 Å². The number of benzene rings is 3. The number of H-pyrrole nitrogens is 1. The number of aromatic nitrogens is 1. The Kier molecular flexibility index (Phi) is 6.52. The van der Waals surface area contributed by atoms with E-state index in [-0.39, 0.29) is 0 Å². The summed E-state index contributed by atoms with van der Waals surface area (Å²) in [4.78, 5) is 3.48. The number of hydrogen-bond acceptors (Lipinski definition) is 4. The monoisotopic (exact) mass is 404 g/mol. The van der Waals surface area contributed by atoms with Crippen LogP contribution in [0.5, 0.6) is 11.5 Å². The first-order valence-electron chi connectivity index (χ1n) is 10.4. The Bertz CT molecular complexity index is 1110. The number of hydrogen-bond donors (Lipinski definition) is 3. The minimum absolute atomic E-state index is 0.406. The lowest BCUT2D eigenvalue weighted by Gasteiger charge is -2.14. The van der Waals surface area contributed by atoms with Gasteiger partial charge in [0.2, 0.25) is 0 Å². The van der Waals surface area contributed by atoms with Crippen molar-refractivity contribution >= 4 is 21.8 Å². The van der Waals surface area contributed by atoms with E-state index in [0.717, 1.165) is 29.0 Å². The smallest absolute Gasteiger partial charge is 0.161 e. The molecule has 0 amide bonds. The molecule has 3 aromatic carbocycles. The summed E-state index contributed by atoms with van der Waals surface area (Å²) < 4.78 is 11.0. The molecule has 0 aliphatic rings. The van der Waals surface area contributed by atoms with E-state index in [1.807, 2.05) is 30.3 Å². The van der Waals surface area contributed by atoms with E-state index in [1.165, 1.54) is 16.3 Å². The highest BCUT2D eigenvalue weighted by molar-refractivity contribution is 6.08. The Morgan fingerprint density at radius 2 is 1.70 bits per heavy atom. The lowest BCUT2D eigenvalue weighted by Crippen LogP contribution is -2.30. The molecule has 0 aliphatic heterocycles. The first kappa shape index (κ1) is 20.3. The van der Waals surface area contributed by atoms with Gasteiger partial charge in [-0.05, 0) is 42.7 Å². The van der Waals surface area contributed by atoms with Gasteiger partial charge in [0.25, 0.3) is 0 Å². The van der Waals surface area contributed by atoms with Gasteiger partial charge < -0.3 is 24.9 Å². The van der Waals surface area contributed by atoms with E-state index >= 15 is 0 Å². The summed E-state index contributed by atoms with van der Waals surface area (Å²) >= 11 is 0. The molecular weight excluding hydrogens is 376 g/mol. The highest BCUT2D eigenvalue weighted by atomic mass is 16.5. The van der Waals surface area contributed by atoms with Crippen molar-refractivity contribution in [3.05, 3.63) is 72.3 Å². The number of nitrogens with one attached hydrogen (secondary N) is 2. The van der Waals surface area contributed by atoms with E-state index < -0.39 is 6.10 Å². The van der Waals surface area contributed by atoms with Crippen LogP contribution in [-0.4, -0.2) is 43.0 Å². The van der Waals surface area contributed by atoms with Crippen LogP contribution in [0.3, 0.4) is 0 Å². The number of methoxy groups -OCH3 is 1. The zero-order valence-corrected chi connectivity index (χ0v) is 17.2. The number of fused-ring (bicyclic) bond motifs is 3. The molecule has 0 saturated heterocycles. The van der Waals surface area contributed by atoms with Crippen LogP contribution in [0.15, 0.2) is 66.7 Å². The normalized spacial score (nSPS) is 12.3. The Morgan fingerprint density at radius 1 is 0.933 bits per heavy atom. The fraction of sp³-hybridized carbons (Fsp3) is 0.280. The maximum absolute atomic E-state index is 10.4. The summed E-state index contributed by atoms with van der Waals surface area (Å²) in [5.74, 6) is 1.46. The molecule has 4 rings (SSSR count). The molecule has 1 heterocycles. The average molecular weight is 405 g/mol. The highest BCUT2D eigenvalue weighted by Gasteiger charge is 2.10. The summed E-state index contributed by atoms with van der Waals surface area (Å²) in [5, 5.41) is 16.2. The minimum Gasteiger partial charge on any atom is -0.493 e. The number of aliphatic hydroxyl groups excluding tert-OH is 1. The second-order valence-corrected chi connectivity index (χ2v) is 7.41. The lowest BCUT2D eigenvalue weighted by molar-refractivity contribution is 0.159. The van der Waals surface area contributed by atoms with Crippen LogP contribution in [0.1, 0.15) is 12.0 Å². The van der Waals surface area contributed by atoms with Crippen molar-refractivity contribution in [3.8, 4) is 11.5 Å². The van der Waals surface area contributed by atoms with Crippen molar-refractivity contribution in [1.29, 1.82) is 0 Å². The number of para-hydroxylation sites is 3. The number of rotatable bonds is 10. The van der Waals surface area contributed by atoms with Gasteiger partial charge in [0, 0.05) is 34.9 Å². The maximum Gasteiger partial charge on any atom is 0.161 e. The van der Waals surface area contributed by atoms with Crippen molar-refractivity contribution in [2.75, 3.05) is 26.8 Å². The first-order chi connectivity index (χ1) is 14.8. The van der Waals surface area contributed by atoms with Crippen LogP contribution in [0.2, 0.25) is 0 Å². The van der Waals surface area contributed by atoms with Gasteiger partial charge in [0.15, 0.2) is 11.5 Å². The molecule has 3 N–H and O–H groups in total. The van der Waals surface area contributed by atoms with E-state index in [0.29, 0.717) is 26.1 Å². The molecule has 0 radical (unpaired) electrons. The molecule has 0 bridgehead atoms. The molecule has 0 aliphatic carbocycles. The third-order valence-electron chi connectivity index (χ3n) is 5.35. The van der Waals surface area contributed by atoms with Crippen molar-refractivity contribution in [2.24, 2.45) is 0 Å². The second-order valence-electron chi connectivity index (χ2n) is 7.41. The average Bonchev–Trinajstić information content (AvgIpc) is 3.17. The molecule has 5 heteroatoms. The standard InChI is InChI=1S/C25H28N2O3/c1-29-23-11-4-5-12-24(23)30-16-15-26-17-19(28)14-13-18-7-6-10-22-25(18)20-8-2-3-9-21(20)27-22/h2-12,19,26-28H,13-17H2,1H3. The van der Waals surface area contributed by atoms with Gasteiger partial charge in [0.05, 0.1) is 13.2 Å². The summed E-state index contributed by atoms with van der Waals surface area (Å²) in [6.45, 7) is 1.72. The number of aromatic amines is 1. The third-order valence-corrected chi connectivity index (χ3v) is 5.35. The topological polar surface area (TPSA) is 66.5 Å². The van der Waals surface area contributed by atoms with Crippen molar-refractivity contribution < 1.29 is 14.6 Å². The largest absolute Gasteiger partial charge is 0.493 e. The van der Waals surface area contributed by atoms with Crippen LogP contribution >= 0.6 is 0 Å². The van der Waals surface area contributed by atoms with Gasteiger partial charge in [-0.1, -0.05) is 42.5 Å². The Morgan fingerprint density at radius 3 is 2.57 bits per heavy atom. The molecule has 5 nitrogen and oxygen atoms in total. The highest BCUT2D eigenvalue weighted by Crippen LogP contribution is 2.29. The maximum atomic E-state index is 10.4. The number of aryl methyl sites for hydroxylation is 1. The third kappa shape index (κ3) is 4.58. The molecule has 156 valence electrons. The SMILES string of the molecule is COc1ccccc1OCCNCC(O)CCc1cccc2[nH]c3ccccc3c12. The summed E-state index contributed by atoms with van der Waals surface area (Å²) in [5.41, 5.74) is 3.57. The fourth-order valence-corrected chi connectivity index (χ4v) is 3.85. The molecule has 1 unspecified atom stereocenters. The van der Waals surface area contributed by atoms with Crippen LogP contribution in [0, 0.1) is 0 Å². The summed E-state index contributed by atoms with van der Waals surface area (Å²) in [6.07, 6.45) is 1.13. The van der Waals surface area contributed by atoms with E-state index in [9.17, 15) is 5.11 Å². The molecule has 30 heavy (non-hydrogen) atoms. The van der Waals surface area contributed by atoms with Gasteiger partial charge >= 0.3 is 0 Å². The summed E-state index contributed by atoms with van der Waals surface area (Å²) in [6, 6.07) is 22.3. The van der Waals surface area contributed by atoms with Crippen LogP contribution in [0.25, 0.3) is 21.8 Å². The minimum atomic E-state index is -0.406. The molecule has 0 fully saturated rings.